The maximum atomic E-state index is 13.1. The molecule has 0 aliphatic heterocycles. The lowest BCUT2D eigenvalue weighted by Gasteiger charge is -2.10. The first-order chi connectivity index (χ1) is 16.5. The number of methoxy groups -OCH3 is 1. The number of anilines is 1. The van der Waals surface area contributed by atoms with E-state index in [4.69, 9.17) is 9.47 Å². The largest absolute Gasteiger partial charge is 0.495 e. The third-order valence-electron chi connectivity index (χ3n) is 5.26. The van der Waals surface area contributed by atoms with E-state index in [1.807, 2.05) is 30.3 Å². The average Bonchev–Trinajstić information content (AvgIpc) is 3.19. The topological polar surface area (TPSA) is 99.5 Å². The molecule has 0 saturated carbocycles. The molecular formula is C25H23N3O5S. The van der Waals surface area contributed by atoms with Gasteiger partial charge in [-0.3, -0.25) is 14.2 Å². The van der Waals surface area contributed by atoms with Crippen LogP contribution in [-0.4, -0.2) is 35.1 Å². The lowest BCUT2D eigenvalue weighted by molar-refractivity contribution is -0.116. The number of benzene rings is 2. The number of nitrogens with one attached hydrogen (secondary N) is 1. The van der Waals surface area contributed by atoms with Crippen molar-refractivity contribution in [2.75, 3.05) is 19.0 Å². The first kappa shape index (κ1) is 23.2. The molecule has 2 heterocycles. The van der Waals surface area contributed by atoms with Crippen LogP contribution in [0.25, 0.3) is 10.2 Å². The predicted octanol–water partition coefficient (Wildman–Crippen LogP) is 3.81. The van der Waals surface area contributed by atoms with E-state index in [9.17, 15) is 14.4 Å². The quantitative estimate of drug-likeness (QED) is 0.388. The number of aryl methyl sites for hydroxylation is 1. The lowest BCUT2D eigenvalue weighted by Crippen LogP contribution is -2.28. The van der Waals surface area contributed by atoms with E-state index in [1.54, 1.807) is 31.2 Å². The Bertz CT molecular complexity index is 1390. The summed E-state index contributed by atoms with van der Waals surface area (Å²) in [5.41, 5.74) is 1.68. The van der Waals surface area contributed by atoms with Gasteiger partial charge in [0.05, 0.1) is 31.1 Å². The number of para-hydroxylation sites is 2. The molecule has 1 N–H and O–H groups in total. The Morgan fingerprint density at radius 3 is 2.59 bits per heavy atom. The Hall–Kier alpha value is -3.98. The fourth-order valence-corrected chi connectivity index (χ4v) is 4.56. The maximum Gasteiger partial charge on any atom is 0.348 e. The number of aromatic nitrogens is 2. The van der Waals surface area contributed by atoms with Crippen molar-refractivity contribution in [3.05, 3.63) is 87.3 Å². The number of thiophene rings is 1. The molecule has 0 aliphatic carbocycles. The Labute approximate surface area is 199 Å². The molecule has 0 saturated heterocycles. The monoisotopic (exact) mass is 477 g/mol. The minimum atomic E-state index is -0.490. The highest BCUT2D eigenvalue weighted by Crippen LogP contribution is 2.27. The minimum Gasteiger partial charge on any atom is -0.495 e. The molecule has 0 aliphatic rings. The number of amides is 1. The van der Waals surface area contributed by atoms with Crippen molar-refractivity contribution in [1.82, 2.24) is 9.55 Å². The second-order valence-corrected chi connectivity index (χ2v) is 8.53. The summed E-state index contributed by atoms with van der Waals surface area (Å²) < 4.78 is 11.9. The number of fused-ring (bicyclic) bond motifs is 1. The zero-order valence-electron chi connectivity index (χ0n) is 18.7. The van der Waals surface area contributed by atoms with Gasteiger partial charge in [-0.2, -0.15) is 0 Å². The summed E-state index contributed by atoms with van der Waals surface area (Å²) in [6.45, 7) is 1.69. The summed E-state index contributed by atoms with van der Waals surface area (Å²) in [6, 6.07) is 16.7. The molecule has 0 radical (unpaired) electrons. The average molecular weight is 478 g/mol. The van der Waals surface area contributed by atoms with Crippen molar-refractivity contribution in [2.45, 2.75) is 19.9 Å². The Kier molecular flexibility index (Phi) is 7.03. The first-order valence-electron chi connectivity index (χ1n) is 10.6. The second kappa shape index (κ2) is 10.3. The van der Waals surface area contributed by atoms with Gasteiger partial charge in [-0.05, 0) is 30.2 Å². The summed E-state index contributed by atoms with van der Waals surface area (Å²) in [5, 5.41) is 3.05. The van der Waals surface area contributed by atoms with E-state index in [0.717, 1.165) is 16.9 Å². The number of hydrogen-bond acceptors (Lipinski definition) is 7. The van der Waals surface area contributed by atoms with Gasteiger partial charge in [-0.15, -0.1) is 11.3 Å². The summed E-state index contributed by atoms with van der Waals surface area (Å²) >= 11 is 1.11. The molecule has 0 spiro atoms. The van der Waals surface area contributed by atoms with E-state index < -0.39 is 17.4 Å². The third kappa shape index (κ3) is 4.99. The van der Waals surface area contributed by atoms with Gasteiger partial charge >= 0.3 is 5.97 Å². The zero-order valence-corrected chi connectivity index (χ0v) is 19.6. The molecule has 174 valence electrons. The van der Waals surface area contributed by atoms with Gasteiger partial charge in [-0.25, -0.2) is 9.78 Å². The van der Waals surface area contributed by atoms with Crippen molar-refractivity contribution in [2.24, 2.45) is 0 Å². The normalized spacial score (nSPS) is 10.8. The van der Waals surface area contributed by atoms with Crippen LogP contribution in [0.1, 0.15) is 20.8 Å². The zero-order chi connectivity index (χ0) is 24.1. The van der Waals surface area contributed by atoms with Crippen molar-refractivity contribution >= 4 is 39.1 Å². The lowest BCUT2D eigenvalue weighted by atomic mass is 10.2. The van der Waals surface area contributed by atoms with E-state index in [2.05, 4.69) is 10.3 Å². The van der Waals surface area contributed by atoms with Crippen LogP contribution in [0.3, 0.4) is 0 Å². The molecule has 8 nitrogen and oxygen atoms in total. The molecule has 0 bridgehead atoms. The van der Waals surface area contributed by atoms with E-state index in [0.29, 0.717) is 38.5 Å². The molecule has 4 aromatic rings. The molecule has 4 rings (SSSR count). The number of esters is 1. The fourth-order valence-electron chi connectivity index (χ4n) is 3.53. The Morgan fingerprint density at radius 1 is 1.09 bits per heavy atom. The highest BCUT2D eigenvalue weighted by Gasteiger charge is 2.21. The van der Waals surface area contributed by atoms with Gasteiger partial charge in [0.2, 0.25) is 5.91 Å². The molecule has 0 unspecified atom stereocenters. The van der Waals surface area contributed by atoms with Crippen LogP contribution in [0.2, 0.25) is 0 Å². The van der Waals surface area contributed by atoms with Gasteiger partial charge in [0, 0.05) is 6.42 Å². The molecular weight excluding hydrogens is 454 g/mol. The fraction of sp³-hybridized carbons (Fsp3) is 0.200. The number of rotatable bonds is 8. The summed E-state index contributed by atoms with van der Waals surface area (Å²) in [7, 11) is 1.51. The summed E-state index contributed by atoms with van der Waals surface area (Å²) in [6.07, 6.45) is 1.91. The smallest absolute Gasteiger partial charge is 0.348 e. The third-order valence-corrected chi connectivity index (χ3v) is 6.44. The Morgan fingerprint density at radius 2 is 1.82 bits per heavy atom. The van der Waals surface area contributed by atoms with Crippen LogP contribution < -0.4 is 15.6 Å². The van der Waals surface area contributed by atoms with Gasteiger partial charge in [-0.1, -0.05) is 42.5 Å². The van der Waals surface area contributed by atoms with E-state index in [1.165, 1.54) is 18.0 Å². The van der Waals surface area contributed by atoms with Crippen LogP contribution in [0, 0.1) is 6.92 Å². The number of carbonyl (C=O) groups excluding carboxylic acids is 2. The maximum absolute atomic E-state index is 13.1. The van der Waals surface area contributed by atoms with Gasteiger partial charge in [0.15, 0.2) is 0 Å². The van der Waals surface area contributed by atoms with Crippen LogP contribution >= 0.6 is 11.3 Å². The van der Waals surface area contributed by atoms with Crippen LogP contribution in [-0.2, 0) is 22.5 Å². The summed E-state index contributed by atoms with van der Waals surface area (Å²) in [5.74, 6) is -0.377. The molecule has 2 aromatic heterocycles. The molecule has 0 atom stereocenters. The number of nitrogens with zero attached hydrogens (tertiary/aromatic N) is 2. The van der Waals surface area contributed by atoms with Gasteiger partial charge in [0.1, 0.15) is 22.0 Å². The van der Waals surface area contributed by atoms with Crippen LogP contribution in [0.4, 0.5) is 5.69 Å². The Balaban J connectivity index is 1.49. The molecule has 9 heteroatoms. The highest BCUT2D eigenvalue weighted by atomic mass is 32.1. The standard InChI is InChI=1S/C25H23N3O5S/c1-16-21-23(34-22(16)25(31)33-13-12-17-8-4-3-5-9-17)26-15-28(24(21)30)14-20(29)27-18-10-6-7-11-19(18)32-2/h3-11,15H,12-14H2,1-2H3,(H,27,29). The van der Waals surface area contributed by atoms with Crippen molar-refractivity contribution in [3.63, 3.8) is 0 Å². The molecule has 34 heavy (non-hydrogen) atoms. The number of carbonyl (C=O) groups is 2. The van der Waals surface area contributed by atoms with E-state index >= 15 is 0 Å². The highest BCUT2D eigenvalue weighted by molar-refractivity contribution is 7.20. The van der Waals surface area contributed by atoms with Crippen LogP contribution in [0.15, 0.2) is 65.7 Å². The van der Waals surface area contributed by atoms with Crippen molar-refractivity contribution in [3.8, 4) is 5.75 Å². The van der Waals surface area contributed by atoms with Gasteiger partial charge in [0.25, 0.3) is 5.56 Å². The predicted molar refractivity (Wildman–Crippen MR) is 131 cm³/mol. The van der Waals surface area contributed by atoms with Crippen molar-refractivity contribution < 1.29 is 19.1 Å². The molecule has 2 aromatic carbocycles. The summed E-state index contributed by atoms with van der Waals surface area (Å²) in [4.78, 5) is 43.3. The van der Waals surface area contributed by atoms with Crippen molar-refractivity contribution in [1.29, 1.82) is 0 Å². The second-order valence-electron chi connectivity index (χ2n) is 7.53. The van der Waals surface area contributed by atoms with Crippen LogP contribution in [0.5, 0.6) is 5.75 Å². The van der Waals surface area contributed by atoms with E-state index in [-0.39, 0.29) is 13.2 Å². The van der Waals surface area contributed by atoms with Gasteiger partial charge < -0.3 is 14.8 Å². The molecule has 0 fully saturated rings. The number of hydrogen-bond donors (Lipinski definition) is 1. The first-order valence-corrected chi connectivity index (χ1v) is 11.4. The number of ether oxygens (including phenoxy) is 2. The SMILES string of the molecule is COc1ccccc1NC(=O)Cn1cnc2sc(C(=O)OCCc3ccccc3)c(C)c2c1=O. The molecule has 1 amide bonds. The minimum absolute atomic E-state index is 0.230.